The smallest absolute Gasteiger partial charge is 0.0828 e. The van der Waals surface area contributed by atoms with Crippen molar-refractivity contribution in [3.05, 3.63) is 35.4 Å². The van der Waals surface area contributed by atoms with Crippen LogP contribution in [0.3, 0.4) is 0 Å². The molecule has 0 saturated carbocycles. The highest BCUT2D eigenvalue weighted by Gasteiger charge is 2.38. The summed E-state index contributed by atoms with van der Waals surface area (Å²) in [5.41, 5.74) is 2.84. The summed E-state index contributed by atoms with van der Waals surface area (Å²) in [6.45, 7) is 6.82. The monoisotopic (exact) mass is 241 g/mol. The second-order valence-electron chi connectivity index (χ2n) is 6.77. The molecule has 0 bridgehead atoms. The first kappa shape index (κ1) is 13.1. The van der Waals surface area contributed by atoms with E-state index in [1.165, 1.54) is 17.5 Å². The summed E-state index contributed by atoms with van der Waals surface area (Å²) >= 11 is 0. The first-order valence-corrected chi connectivity index (χ1v) is 6.97. The van der Waals surface area contributed by atoms with E-state index < -0.39 is 0 Å². The van der Waals surface area contributed by atoms with Gasteiger partial charge in [0.1, 0.15) is 0 Å². The molecule has 0 aliphatic heterocycles. The van der Waals surface area contributed by atoms with Crippen LogP contribution in [-0.4, -0.2) is 0 Å². The van der Waals surface area contributed by atoms with Crippen LogP contribution in [0.1, 0.15) is 57.6 Å². The highest BCUT2D eigenvalue weighted by Crippen LogP contribution is 2.42. The van der Waals surface area contributed by atoms with Gasteiger partial charge in [0.2, 0.25) is 0 Å². The van der Waals surface area contributed by atoms with Crippen molar-refractivity contribution >= 4 is 0 Å². The molecule has 1 aromatic rings. The van der Waals surface area contributed by atoms with Crippen LogP contribution in [0.15, 0.2) is 24.3 Å². The molecule has 0 amide bonds. The van der Waals surface area contributed by atoms with Crippen LogP contribution in [-0.2, 0) is 11.8 Å². The Kier molecular flexibility index (Phi) is 3.48. The molecule has 1 heteroatoms. The van der Waals surface area contributed by atoms with Gasteiger partial charge in [0.05, 0.1) is 11.5 Å². The van der Waals surface area contributed by atoms with E-state index in [1.54, 1.807) is 0 Å². The normalized spacial score (nSPS) is 22.6. The first-order valence-electron chi connectivity index (χ1n) is 6.97. The third-order valence-corrected chi connectivity index (χ3v) is 4.10. The lowest BCUT2D eigenvalue weighted by Crippen LogP contribution is -2.21. The zero-order chi connectivity index (χ0) is 13.2. The number of hydrogen-bond donors (Lipinski definition) is 0. The molecule has 1 aliphatic carbocycles. The Hall–Kier alpha value is -1.29. The Morgan fingerprint density at radius 1 is 1.28 bits per heavy atom. The van der Waals surface area contributed by atoms with Gasteiger partial charge in [-0.25, -0.2) is 0 Å². The first-order chi connectivity index (χ1) is 8.47. The SMILES string of the molecule is CC(C)(C)CCCC1(C#N)CCc2ccccc21. The van der Waals surface area contributed by atoms with Crippen LogP contribution in [0, 0.1) is 16.7 Å². The molecule has 1 atom stereocenters. The second kappa shape index (κ2) is 4.76. The quantitative estimate of drug-likeness (QED) is 0.758. The van der Waals surface area contributed by atoms with Crippen LogP contribution in [0.2, 0.25) is 0 Å². The lowest BCUT2D eigenvalue weighted by Gasteiger charge is -2.25. The summed E-state index contributed by atoms with van der Waals surface area (Å²) < 4.78 is 0. The van der Waals surface area contributed by atoms with Gasteiger partial charge < -0.3 is 0 Å². The lowest BCUT2D eigenvalue weighted by atomic mass is 9.77. The maximum Gasteiger partial charge on any atom is 0.0828 e. The number of benzene rings is 1. The van der Waals surface area contributed by atoms with Crippen LogP contribution in [0.5, 0.6) is 0 Å². The molecule has 1 aromatic carbocycles. The van der Waals surface area contributed by atoms with E-state index in [2.05, 4.69) is 51.1 Å². The summed E-state index contributed by atoms with van der Waals surface area (Å²) in [5, 5.41) is 9.64. The van der Waals surface area contributed by atoms with Gasteiger partial charge in [0, 0.05) is 0 Å². The fourth-order valence-electron chi connectivity index (χ4n) is 3.04. The van der Waals surface area contributed by atoms with Gasteiger partial charge in [-0.1, -0.05) is 51.5 Å². The van der Waals surface area contributed by atoms with Crippen molar-refractivity contribution in [1.82, 2.24) is 0 Å². The van der Waals surface area contributed by atoms with Crippen LogP contribution >= 0.6 is 0 Å². The van der Waals surface area contributed by atoms with E-state index in [-0.39, 0.29) is 5.41 Å². The molecule has 0 spiro atoms. The fraction of sp³-hybridized carbons (Fsp3) is 0.588. The maximum absolute atomic E-state index is 9.64. The van der Waals surface area contributed by atoms with Gasteiger partial charge >= 0.3 is 0 Å². The molecule has 0 fully saturated rings. The molecule has 0 saturated heterocycles. The van der Waals surface area contributed by atoms with Gasteiger partial charge in [-0.2, -0.15) is 5.26 Å². The molecule has 0 aromatic heterocycles. The number of hydrogen-bond acceptors (Lipinski definition) is 1. The Morgan fingerprint density at radius 2 is 2.00 bits per heavy atom. The standard InChI is InChI=1S/C17H23N/c1-16(2,3)10-6-11-17(13-18)12-9-14-7-4-5-8-15(14)17/h4-5,7-8H,6,9-12H2,1-3H3. The molecular weight excluding hydrogens is 218 g/mol. The number of nitrogens with zero attached hydrogens (tertiary/aromatic N) is 1. The minimum absolute atomic E-state index is 0.207. The number of nitriles is 1. The molecule has 2 rings (SSSR count). The van der Waals surface area contributed by atoms with Crippen molar-refractivity contribution in [3.8, 4) is 6.07 Å². The average Bonchev–Trinajstić information content (AvgIpc) is 2.68. The molecule has 1 unspecified atom stereocenters. The van der Waals surface area contributed by atoms with Crippen molar-refractivity contribution in [2.45, 2.75) is 58.3 Å². The molecule has 0 radical (unpaired) electrons. The van der Waals surface area contributed by atoms with Crippen LogP contribution in [0.4, 0.5) is 0 Å². The minimum atomic E-state index is -0.207. The molecule has 0 heterocycles. The minimum Gasteiger partial charge on any atom is -0.197 e. The Morgan fingerprint density at radius 3 is 2.67 bits per heavy atom. The van der Waals surface area contributed by atoms with Crippen molar-refractivity contribution in [2.75, 3.05) is 0 Å². The largest absolute Gasteiger partial charge is 0.197 e. The third-order valence-electron chi connectivity index (χ3n) is 4.10. The van der Waals surface area contributed by atoms with Gasteiger partial charge in [0.25, 0.3) is 0 Å². The molecule has 96 valence electrons. The van der Waals surface area contributed by atoms with Crippen molar-refractivity contribution in [1.29, 1.82) is 5.26 Å². The van der Waals surface area contributed by atoms with E-state index in [4.69, 9.17) is 0 Å². The van der Waals surface area contributed by atoms with Gasteiger partial charge in [-0.15, -0.1) is 0 Å². The van der Waals surface area contributed by atoms with Crippen LogP contribution < -0.4 is 0 Å². The van der Waals surface area contributed by atoms with Gasteiger partial charge in [-0.3, -0.25) is 0 Å². The van der Waals surface area contributed by atoms with E-state index >= 15 is 0 Å². The Labute approximate surface area is 111 Å². The molecule has 18 heavy (non-hydrogen) atoms. The Balaban J connectivity index is 2.12. The predicted molar refractivity (Wildman–Crippen MR) is 75.4 cm³/mol. The summed E-state index contributed by atoms with van der Waals surface area (Å²) in [7, 11) is 0. The zero-order valence-electron chi connectivity index (χ0n) is 11.8. The van der Waals surface area contributed by atoms with Gasteiger partial charge in [-0.05, 0) is 42.2 Å². The number of aryl methyl sites for hydroxylation is 1. The van der Waals surface area contributed by atoms with Gasteiger partial charge in [0.15, 0.2) is 0 Å². The molecule has 1 aliphatic rings. The molecule has 1 nitrogen and oxygen atoms in total. The highest BCUT2D eigenvalue weighted by molar-refractivity contribution is 5.43. The third kappa shape index (κ3) is 2.58. The Bertz CT molecular complexity index is 461. The summed E-state index contributed by atoms with van der Waals surface area (Å²) in [6.07, 6.45) is 5.42. The van der Waals surface area contributed by atoms with E-state index in [0.29, 0.717) is 5.41 Å². The number of fused-ring (bicyclic) bond motifs is 1. The second-order valence-corrected chi connectivity index (χ2v) is 6.77. The fourth-order valence-corrected chi connectivity index (χ4v) is 3.04. The van der Waals surface area contributed by atoms with Crippen LogP contribution in [0.25, 0.3) is 0 Å². The summed E-state index contributed by atoms with van der Waals surface area (Å²) in [5.74, 6) is 0. The van der Waals surface area contributed by atoms with Crippen molar-refractivity contribution in [2.24, 2.45) is 5.41 Å². The predicted octanol–water partition coefficient (Wildman–Crippen LogP) is 4.61. The zero-order valence-corrected chi connectivity index (χ0v) is 11.8. The van der Waals surface area contributed by atoms with E-state index in [0.717, 1.165) is 25.7 Å². The van der Waals surface area contributed by atoms with Crippen molar-refractivity contribution < 1.29 is 0 Å². The van der Waals surface area contributed by atoms with E-state index in [9.17, 15) is 5.26 Å². The summed E-state index contributed by atoms with van der Waals surface area (Å²) in [4.78, 5) is 0. The molecule has 0 N–H and O–H groups in total. The molecular formula is C17H23N. The summed E-state index contributed by atoms with van der Waals surface area (Å²) in [6, 6.07) is 11.1. The van der Waals surface area contributed by atoms with Crippen molar-refractivity contribution in [3.63, 3.8) is 0 Å². The topological polar surface area (TPSA) is 23.8 Å². The van der Waals surface area contributed by atoms with E-state index in [1.807, 2.05) is 0 Å². The number of rotatable bonds is 3. The lowest BCUT2D eigenvalue weighted by molar-refractivity contribution is 0.338. The highest BCUT2D eigenvalue weighted by atomic mass is 14.4. The average molecular weight is 241 g/mol. The maximum atomic E-state index is 9.64.